The molecule has 1 radical (unpaired) electrons. The van der Waals surface area contributed by atoms with Gasteiger partial charge in [0.25, 0.3) is 0 Å². The van der Waals surface area contributed by atoms with Crippen LogP contribution in [0.15, 0.2) is 23.4 Å². The summed E-state index contributed by atoms with van der Waals surface area (Å²) in [4.78, 5) is 3.69. The molecule has 0 amide bonds. The Labute approximate surface area is 71.3 Å². The molecule has 0 fully saturated rings. The second kappa shape index (κ2) is 3.20. The fourth-order valence-electron chi connectivity index (χ4n) is 0.763. The van der Waals surface area contributed by atoms with Gasteiger partial charge in [-0.05, 0) is 17.7 Å². The predicted octanol–water partition coefficient (Wildman–Crippen LogP) is 0.268. The molecule has 0 saturated carbocycles. The fraction of sp³-hybridized carbons (Fsp3) is 0.286. The highest BCUT2D eigenvalue weighted by Crippen LogP contribution is 2.06. The number of hydrogen-bond donors (Lipinski definition) is 0. The van der Waals surface area contributed by atoms with Gasteiger partial charge >= 0.3 is 0 Å². The van der Waals surface area contributed by atoms with Gasteiger partial charge in [0.05, 0.1) is 0 Å². The summed E-state index contributed by atoms with van der Waals surface area (Å²) in [6.07, 6.45) is 2.50. The van der Waals surface area contributed by atoms with E-state index in [0.717, 1.165) is 6.26 Å². The summed E-state index contributed by atoms with van der Waals surface area (Å²) in [5.74, 6) is 0. The van der Waals surface area contributed by atoms with Crippen LogP contribution < -0.4 is 5.73 Å². The van der Waals surface area contributed by atoms with Crippen LogP contribution in [-0.2, 0) is 16.4 Å². The van der Waals surface area contributed by atoms with E-state index < -0.39 is 9.84 Å². The maximum atomic E-state index is 11.0. The molecule has 0 spiro atoms. The first kappa shape index (κ1) is 9.15. The molecule has 0 bridgehead atoms. The van der Waals surface area contributed by atoms with Gasteiger partial charge in [0.15, 0.2) is 14.9 Å². The van der Waals surface area contributed by atoms with Crippen molar-refractivity contribution in [2.45, 2.75) is 11.6 Å². The van der Waals surface area contributed by atoms with Crippen molar-refractivity contribution in [3.05, 3.63) is 23.9 Å². The molecular formula is C7H9N2O2S. The van der Waals surface area contributed by atoms with E-state index in [1.165, 1.54) is 12.3 Å². The van der Waals surface area contributed by atoms with Crippen LogP contribution in [0.2, 0.25) is 0 Å². The lowest BCUT2D eigenvalue weighted by Gasteiger charge is -1.98. The lowest BCUT2D eigenvalue weighted by atomic mass is 10.3. The third kappa shape index (κ3) is 2.02. The van der Waals surface area contributed by atoms with Crippen LogP contribution in [0.25, 0.3) is 0 Å². The molecule has 0 aromatic carbocycles. The zero-order chi connectivity index (χ0) is 9.19. The van der Waals surface area contributed by atoms with Crippen LogP contribution in [0, 0.1) is 0 Å². The minimum atomic E-state index is -3.23. The molecule has 0 aliphatic carbocycles. The first-order valence-electron chi connectivity index (χ1n) is 3.33. The van der Waals surface area contributed by atoms with Crippen molar-refractivity contribution >= 4 is 9.84 Å². The third-order valence-electron chi connectivity index (χ3n) is 1.38. The molecule has 4 nitrogen and oxygen atoms in total. The van der Waals surface area contributed by atoms with E-state index in [-0.39, 0.29) is 11.6 Å². The molecule has 0 saturated heterocycles. The highest BCUT2D eigenvalue weighted by atomic mass is 32.2. The van der Waals surface area contributed by atoms with E-state index in [0.29, 0.717) is 5.56 Å². The van der Waals surface area contributed by atoms with E-state index in [1.54, 1.807) is 6.07 Å². The monoisotopic (exact) mass is 185 g/mol. The van der Waals surface area contributed by atoms with Crippen molar-refractivity contribution < 1.29 is 8.42 Å². The highest BCUT2D eigenvalue weighted by molar-refractivity contribution is 7.90. The third-order valence-corrected chi connectivity index (χ3v) is 2.37. The number of hydrogen-bond acceptors (Lipinski definition) is 3. The van der Waals surface area contributed by atoms with E-state index in [4.69, 9.17) is 5.73 Å². The van der Waals surface area contributed by atoms with Crippen molar-refractivity contribution in [2.75, 3.05) is 6.26 Å². The SMILES string of the molecule is CS(=O)(=O)c1cc(C[NH])ccn1. The van der Waals surface area contributed by atoms with Gasteiger partial charge in [-0.25, -0.2) is 13.4 Å². The maximum absolute atomic E-state index is 11.0. The van der Waals surface area contributed by atoms with Crippen LogP contribution in [0.4, 0.5) is 0 Å². The van der Waals surface area contributed by atoms with Gasteiger partial charge < -0.3 is 0 Å². The molecule has 1 aromatic rings. The van der Waals surface area contributed by atoms with Crippen LogP contribution in [0.1, 0.15) is 5.56 Å². The van der Waals surface area contributed by atoms with E-state index in [9.17, 15) is 8.42 Å². The lowest BCUT2D eigenvalue weighted by Crippen LogP contribution is -2.01. The summed E-state index contributed by atoms with van der Waals surface area (Å²) in [6.45, 7) is 0.0744. The highest BCUT2D eigenvalue weighted by Gasteiger charge is 2.07. The number of pyridine rings is 1. The van der Waals surface area contributed by atoms with Crippen molar-refractivity contribution in [2.24, 2.45) is 0 Å². The average Bonchev–Trinajstić information content (AvgIpc) is 2.03. The van der Waals surface area contributed by atoms with Gasteiger partial charge in [-0.15, -0.1) is 0 Å². The van der Waals surface area contributed by atoms with Crippen LogP contribution in [0.5, 0.6) is 0 Å². The van der Waals surface area contributed by atoms with Gasteiger partial charge in [0.1, 0.15) is 0 Å². The van der Waals surface area contributed by atoms with Crippen LogP contribution in [0.3, 0.4) is 0 Å². The maximum Gasteiger partial charge on any atom is 0.192 e. The molecule has 0 aliphatic rings. The standard InChI is InChI=1S/C7H9N2O2S/c1-12(10,11)7-4-6(5-8)2-3-9-7/h2-4,8H,5H2,1H3. The van der Waals surface area contributed by atoms with Gasteiger partial charge in [0, 0.05) is 19.0 Å². The summed E-state index contributed by atoms with van der Waals surface area (Å²) >= 11 is 0. The predicted molar refractivity (Wildman–Crippen MR) is 44.1 cm³/mol. The van der Waals surface area contributed by atoms with Crippen molar-refractivity contribution in [3.8, 4) is 0 Å². The van der Waals surface area contributed by atoms with Crippen molar-refractivity contribution in [3.63, 3.8) is 0 Å². The van der Waals surface area contributed by atoms with E-state index in [2.05, 4.69) is 4.98 Å². The summed E-state index contributed by atoms with van der Waals surface area (Å²) in [5.41, 5.74) is 7.68. The molecule has 1 heterocycles. The number of rotatable bonds is 2. The van der Waals surface area contributed by atoms with Gasteiger partial charge in [0.2, 0.25) is 0 Å². The normalized spacial score (nSPS) is 11.5. The molecule has 5 heteroatoms. The molecule has 1 rings (SSSR count). The summed E-state index contributed by atoms with van der Waals surface area (Å²) in [6, 6.07) is 3.05. The Morgan fingerprint density at radius 1 is 1.58 bits per heavy atom. The Hall–Kier alpha value is -0.940. The Morgan fingerprint density at radius 2 is 2.25 bits per heavy atom. The molecule has 0 unspecified atom stereocenters. The Morgan fingerprint density at radius 3 is 2.75 bits per heavy atom. The quantitative estimate of drug-likeness (QED) is 0.663. The van der Waals surface area contributed by atoms with E-state index in [1.807, 2.05) is 0 Å². The zero-order valence-corrected chi connectivity index (χ0v) is 7.43. The summed E-state index contributed by atoms with van der Waals surface area (Å²) in [5, 5.41) is 0.0345. The number of aromatic nitrogens is 1. The average molecular weight is 185 g/mol. The molecular weight excluding hydrogens is 176 g/mol. The Bertz CT molecular complexity index is 373. The van der Waals surface area contributed by atoms with Gasteiger partial charge in [-0.3, -0.25) is 5.73 Å². The smallest absolute Gasteiger partial charge is 0.192 e. The lowest BCUT2D eigenvalue weighted by molar-refractivity contribution is 0.598. The van der Waals surface area contributed by atoms with E-state index >= 15 is 0 Å². The largest absolute Gasteiger partial charge is 0.253 e. The molecule has 0 atom stereocenters. The number of sulfone groups is 1. The summed E-state index contributed by atoms with van der Waals surface area (Å²) < 4.78 is 22.0. The molecule has 0 aliphatic heterocycles. The molecule has 12 heavy (non-hydrogen) atoms. The molecule has 1 N–H and O–H groups in total. The van der Waals surface area contributed by atoms with Gasteiger partial charge in [-0.1, -0.05) is 0 Å². The zero-order valence-electron chi connectivity index (χ0n) is 6.61. The van der Waals surface area contributed by atoms with Crippen molar-refractivity contribution in [1.82, 2.24) is 10.7 Å². The fourth-order valence-corrected chi connectivity index (χ4v) is 1.38. The Balaban J connectivity index is 3.20. The van der Waals surface area contributed by atoms with Crippen LogP contribution >= 0.6 is 0 Å². The Kier molecular flexibility index (Phi) is 2.44. The van der Waals surface area contributed by atoms with Crippen LogP contribution in [-0.4, -0.2) is 19.7 Å². The second-order valence-corrected chi connectivity index (χ2v) is 4.41. The number of nitrogens with one attached hydrogen (secondary N) is 1. The topological polar surface area (TPSA) is 70.8 Å². The molecule has 65 valence electrons. The number of nitrogens with zero attached hydrogens (tertiary/aromatic N) is 1. The van der Waals surface area contributed by atoms with Crippen molar-refractivity contribution in [1.29, 1.82) is 0 Å². The molecule has 1 aromatic heterocycles. The minimum Gasteiger partial charge on any atom is -0.253 e. The first-order chi connectivity index (χ1) is 5.54. The minimum absolute atomic E-state index is 0.0345. The first-order valence-corrected chi connectivity index (χ1v) is 5.23. The second-order valence-electron chi connectivity index (χ2n) is 2.45. The summed E-state index contributed by atoms with van der Waals surface area (Å²) in [7, 11) is -3.23. The van der Waals surface area contributed by atoms with Gasteiger partial charge in [-0.2, -0.15) is 0 Å².